The van der Waals surface area contributed by atoms with E-state index in [0.29, 0.717) is 11.8 Å². The molecule has 0 aliphatic carbocycles. The van der Waals surface area contributed by atoms with Gasteiger partial charge in [-0.1, -0.05) is 65.4 Å². The van der Waals surface area contributed by atoms with Crippen LogP contribution >= 0.6 is 11.8 Å². The first-order valence-electron chi connectivity index (χ1n) is 11.1. The number of hydrogen-bond acceptors (Lipinski definition) is 9. The molecule has 1 N–H and O–H groups in total. The number of para-hydroxylation sites is 2. The lowest BCUT2D eigenvalue weighted by Gasteiger charge is -2.09. The molecule has 0 spiro atoms. The summed E-state index contributed by atoms with van der Waals surface area (Å²) < 4.78 is 9.28. The second kappa shape index (κ2) is 11.4. The van der Waals surface area contributed by atoms with Crippen molar-refractivity contribution in [3.05, 3.63) is 90.5 Å². The molecule has 5 aromatic rings. The van der Waals surface area contributed by atoms with Gasteiger partial charge in [0.1, 0.15) is 5.75 Å². The first-order chi connectivity index (χ1) is 17.4. The van der Waals surface area contributed by atoms with Gasteiger partial charge in [0.2, 0.25) is 5.16 Å². The van der Waals surface area contributed by atoms with Crippen molar-refractivity contribution < 1.29 is 4.74 Å². The fourth-order valence-corrected chi connectivity index (χ4v) is 4.22. The summed E-state index contributed by atoms with van der Waals surface area (Å²) in [5, 5.41) is 28.1. The van der Waals surface area contributed by atoms with E-state index in [1.54, 1.807) is 21.1 Å². The molecule has 2 aromatic heterocycles. The van der Waals surface area contributed by atoms with E-state index < -0.39 is 0 Å². The topological polar surface area (TPSA) is 108 Å². The lowest BCUT2D eigenvalue weighted by Crippen LogP contribution is -2.15. The van der Waals surface area contributed by atoms with Crippen LogP contribution in [0.5, 0.6) is 11.8 Å². The standard InChI is InChI=1S/C24H23N9OS/c1-3-10-20(11-4-1)32-23(26-28-30-32)34-22-14-7-9-19(17-22)18-25-15-8-16-35-24-27-29-31-33(24)21-12-5-2-6-13-21/h1-7,9-14,17,25H,8,15-16,18H2. The first-order valence-corrected chi connectivity index (χ1v) is 12.1. The van der Waals surface area contributed by atoms with Crippen molar-refractivity contribution in [2.45, 2.75) is 18.1 Å². The molecule has 0 aliphatic heterocycles. The zero-order valence-electron chi connectivity index (χ0n) is 18.8. The molecule has 0 bridgehead atoms. The fraction of sp³-hybridized carbons (Fsp3) is 0.167. The summed E-state index contributed by atoms with van der Waals surface area (Å²) in [5.74, 6) is 1.59. The van der Waals surface area contributed by atoms with E-state index >= 15 is 0 Å². The Morgan fingerprint density at radius 1 is 0.771 bits per heavy atom. The highest BCUT2D eigenvalue weighted by atomic mass is 32.2. The third-order valence-electron chi connectivity index (χ3n) is 5.05. The zero-order valence-corrected chi connectivity index (χ0v) is 19.6. The van der Waals surface area contributed by atoms with E-state index in [2.05, 4.69) is 42.4 Å². The summed E-state index contributed by atoms with van der Waals surface area (Å²) in [6, 6.07) is 27.7. The number of nitrogens with zero attached hydrogens (tertiary/aromatic N) is 8. The molecule has 0 fully saturated rings. The van der Waals surface area contributed by atoms with Gasteiger partial charge in [0, 0.05) is 12.3 Å². The summed E-state index contributed by atoms with van der Waals surface area (Å²) in [6.45, 7) is 1.60. The number of hydrogen-bond donors (Lipinski definition) is 1. The molecular weight excluding hydrogens is 462 g/mol. The van der Waals surface area contributed by atoms with Crippen LogP contribution in [0.3, 0.4) is 0 Å². The van der Waals surface area contributed by atoms with Crippen LogP contribution in [0.15, 0.2) is 90.1 Å². The Bertz CT molecular complexity index is 1340. The molecule has 0 radical (unpaired) electrons. The average molecular weight is 486 g/mol. The van der Waals surface area contributed by atoms with E-state index in [9.17, 15) is 0 Å². The van der Waals surface area contributed by atoms with Crippen molar-refractivity contribution in [2.75, 3.05) is 12.3 Å². The Kier molecular flexibility index (Phi) is 7.36. The van der Waals surface area contributed by atoms with Gasteiger partial charge in [-0.2, -0.15) is 9.36 Å². The number of benzene rings is 3. The Hall–Kier alpha value is -4.09. The lowest BCUT2D eigenvalue weighted by molar-refractivity contribution is 0.426. The highest BCUT2D eigenvalue weighted by Gasteiger charge is 2.11. The molecular formula is C24H23N9OS. The highest BCUT2D eigenvalue weighted by Crippen LogP contribution is 2.22. The summed E-state index contributed by atoms with van der Waals surface area (Å²) in [4.78, 5) is 0. The molecule has 2 heterocycles. The molecule has 0 amide bonds. The lowest BCUT2D eigenvalue weighted by atomic mass is 10.2. The number of aromatic nitrogens is 8. The maximum Gasteiger partial charge on any atom is 0.345 e. The van der Waals surface area contributed by atoms with Gasteiger partial charge < -0.3 is 10.1 Å². The predicted octanol–water partition coefficient (Wildman–Crippen LogP) is 3.70. The van der Waals surface area contributed by atoms with Crippen LogP contribution < -0.4 is 10.1 Å². The zero-order chi connectivity index (χ0) is 23.7. The minimum absolute atomic E-state index is 0.316. The molecule has 10 nitrogen and oxygen atoms in total. The summed E-state index contributed by atoms with van der Waals surface area (Å²) in [5.41, 5.74) is 2.90. The Balaban J connectivity index is 1.09. The number of ether oxygens (including phenoxy) is 1. The minimum atomic E-state index is 0.316. The summed E-state index contributed by atoms with van der Waals surface area (Å²) in [7, 11) is 0. The van der Waals surface area contributed by atoms with E-state index in [-0.39, 0.29) is 0 Å². The Morgan fingerprint density at radius 2 is 1.49 bits per heavy atom. The molecule has 5 rings (SSSR count). The molecule has 176 valence electrons. The molecule has 3 aromatic carbocycles. The summed E-state index contributed by atoms with van der Waals surface area (Å²) in [6.07, 6.45) is 0.981. The number of nitrogens with one attached hydrogen (secondary N) is 1. The van der Waals surface area contributed by atoms with E-state index in [4.69, 9.17) is 4.74 Å². The van der Waals surface area contributed by atoms with Crippen LogP contribution in [-0.4, -0.2) is 52.7 Å². The van der Waals surface area contributed by atoms with Gasteiger partial charge in [-0.05, 0) is 75.8 Å². The van der Waals surface area contributed by atoms with Crippen LogP contribution in [0.4, 0.5) is 0 Å². The van der Waals surface area contributed by atoms with Gasteiger partial charge >= 0.3 is 6.01 Å². The normalized spacial score (nSPS) is 11.0. The van der Waals surface area contributed by atoms with E-state index in [0.717, 1.165) is 47.4 Å². The second-order valence-electron chi connectivity index (χ2n) is 7.55. The summed E-state index contributed by atoms with van der Waals surface area (Å²) >= 11 is 1.64. The molecule has 0 atom stereocenters. The number of thioether (sulfide) groups is 1. The maximum atomic E-state index is 5.95. The van der Waals surface area contributed by atoms with Gasteiger partial charge in [0.25, 0.3) is 0 Å². The SMILES string of the molecule is c1ccc(-n2nnnc2Oc2cccc(CNCCCSc3nnnn3-c3ccccc3)c2)cc1. The van der Waals surface area contributed by atoms with Crippen molar-refractivity contribution in [3.8, 4) is 23.1 Å². The van der Waals surface area contributed by atoms with Crippen LogP contribution in [0.2, 0.25) is 0 Å². The quantitative estimate of drug-likeness (QED) is 0.221. The molecule has 11 heteroatoms. The average Bonchev–Trinajstić information content (AvgIpc) is 3.57. The predicted molar refractivity (Wildman–Crippen MR) is 132 cm³/mol. The molecule has 0 unspecified atom stereocenters. The highest BCUT2D eigenvalue weighted by molar-refractivity contribution is 7.99. The van der Waals surface area contributed by atoms with Crippen LogP contribution in [0, 0.1) is 0 Å². The third kappa shape index (κ3) is 5.89. The minimum Gasteiger partial charge on any atom is -0.423 e. The Labute approximate surface area is 206 Å². The third-order valence-corrected chi connectivity index (χ3v) is 6.05. The smallest absolute Gasteiger partial charge is 0.345 e. The molecule has 35 heavy (non-hydrogen) atoms. The van der Waals surface area contributed by atoms with Crippen LogP contribution in [-0.2, 0) is 6.54 Å². The van der Waals surface area contributed by atoms with Crippen LogP contribution in [0.1, 0.15) is 12.0 Å². The van der Waals surface area contributed by atoms with E-state index in [1.165, 1.54) is 0 Å². The number of tetrazole rings is 2. The van der Waals surface area contributed by atoms with Crippen molar-refractivity contribution in [3.63, 3.8) is 0 Å². The van der Waals surface area contributed by atoms with Gasteiger partial charge in [-0.3, -0.25) is 0 Å². The van der Waals surface area contributed by atoms with Crippen molar-refractivity contribution in [1.29, 1.82) is 0 Å². The number of rotatable bonds is 11. The van der Waals surface area contributed by atoms with Gasteiger partial charge in [-0.25, -0.2) is 0 Å². The van der Waals surface area contributed by atoms with Crippen molar-refractivity contribution in [1.82, 2.24) is 45.7 Å². The molecule has 0 aliphatic rings. The van der Waals surface area contributed by atoms with Crippen molar-refractivity contribution >= 4 is 11.8 Å². The van der Waals surface area contributed by atoms with Gasteiger partial charge in [0.15, 0.2) is 0 Å². The van der Waals surface area contributed by atoms with Crippen molar-refractivity contribution in [2.24, 2.45) is 0 Å². The molecule has 0 saturated carbocycles. The fourth-order valence-electron chi connectivity index (χ4n) is 3.39. The van der Waals surface area contributed by atoms with E-state index in [1.807, 2.05) is 78.9 Å². The monoisotopic (exact) mass is 485 g/mol. The second-order valence-corrected chi connectivity index (χ2v) is 8.61. The first kappa shape index (κ1) is 22.7. The maximum absolute atomic E-state index is 5.95. The van der Waals surface area contributed by atoms with Crippen LogP contribution in [0.25, 0.3) is 11.4 Å². The van der Waals surface area contributed by atoms with Gasteiger partial charge in [-0.15, -0.1) is 5.10 Å². The molecule has 0 saturated heterocycles. The Morgan fingerprint density at radius 3 is 2.29 bits per heavy atom. The van der Waals surface area contributed by atoms with Gasteiger partial charge in [0.05, 0.1) is 11.4 Å². The largest absolute Gasteiger partial charge is 0.423 e.